The van der Waals surface area contributed by atoms with Gasteiger partial charge in [0.05, 0.1) is 0 Å². The zero-order valence-electron chi connectivity index (χ0n) is 8.13. The predicted octanol–water partition coefficient (Wildman–Crippen LogP) is 2.61. The van der Waals surface area contributed by atoms with Crippen molar-refractivity contribution in [1.29, 1.82) is 0 Å². The standard InChI is InChI=1S/C9H18N2S/c1-9(2,3)8(7-11-4)5-6-12-10/h7H,4-6,10H2,1-3H3/b8-7+. The van der Waals surface area contributed by atoms with Crippen LogP contribution in [0.2, 0.25) is 0 Å². The molecule has 0 saturated heterocycles. The van der Waals surface area contributed by atoms with Gasteiger partial charge in [0, 0.05) is 12.0 Å². The van der Waals surface area contributed by atoms with Gasteiger partial charge in [-0.1, -0.05) is 32.7 Å². The third-order valence-corrected chi connectivity index (χ3v) is 2.14. The number of allylic oxidation sites excluding steroid dienone is 1. The summed E-state index contributed by atoms with van der Waals surface area (Å²) in [5.41, 5.74) is 1.48. The Bertz CT molecular complexity index is 168. The highest BCUT2D eigenvalue weighted by atomic mass is 32.2. The minimum atomic E-state index is 0.178. The molecule has 70 valence electrons. The molecule has 0 fully saturated rings. The molecule has 2 nitrogen and oxygen atoms in total. The second-order valence-corrected chi connectivity index (χ2v) is 4.45. The summed E-state index contributed by atoms with van der Waals surface area (Å²) in [5, 5.41) is 5.36. The van der Waals surface area contributed by atoms with Crippen LogP contribution in [0.4, 0.5) is 0 Å². The largest absolute Gasteiger partial charge is 0.278 e. The first-order valence-electron chi connectivity index (χ1n) is 3.99. The van der Waals surface area contributed by atoms with E-state index in [1.165, 1.54) is 17.5 Å². The fourth-order valence-electron chi connectivity index (χ4n) is 0.912. The average Bonchev–Trinajstić information content (AvgIpc) is 1.95. The van der Waals surface area contributed by atoms with Gasteiger partial charge >= 0.3 is 0 Å². The van der Waals surface area contributed by atoms with Crippen LogP contribution in [-0.2, 0) is 0 Å². The molecule has 0 radical (unpaired) electrons. The van der Waals surface area contributed by atoms with Crippen molar-refractivity contribution >= 4 is 18.7 Å². The van der Waals surface area contributed by atoms with Crippen LogP contribution in [-0.4, -0.2) is 12.5 Å². The number of hydrogen-bond donors (Lipinski definition) is 1. The molecule has 0 rings (SSSR count). The van der Waals surface area contributed by atoms with Crippen molar-refractivity contribution in [3.63, 3.8) is 0 Å². The van der Waals surface area contributed by atoms with E-state index in [0.29, 0.717) is 0 Å². The predicted molar refractivity (Wildman–Crippen MR) is 58.3 cm³/mol. The Labute approximate surface area is 79.5 Å². The smallest absolute Gasteiger partial charge is 0.0258 e. The Morgan fingerprint density at radius 2 is 2.17 bits per heavy atom. The van der Waals surface area contributed by atoms with Crippen LogP contribution in [0.1, 0.15) is 27.2 Å². The topological polar surface area (TPSA) is 38.4 Å². The fourth-order valence-corrected chi connectivity index (χ4v) is 1.25. The maximum absolute atomic E-state index is 5.36. The molecule has 0 aliphatic heterocycles. The van der Waals surface area contributed by atoms with Crippen LogP contribution in [0, 0.1) is 5.41 Å². The number of nitrogens with two attached hydrogens (primary N) is 1. The Morgan fingerprint density at radius 3 is 2.50 bits per heavy atom. The number of nitrogens with zero attached hydrogens (tertiary/aromatic N) is 1. The third kappa shape index (κ3) is 4.57. The molecule has 0 aromatic carbocycles. The van der Waals surface area contributed by atoms with E-state index in [1.807, 2.05) is 6.20 Å². The van der Waals surface area contributed by atoms with E-state index in [-0.39, 0.29) is 5.41 Å². The van der Waals surface area contributed by atoms with E-state index in [4.69, 9.17) is 5.14 Å². The van der Waals surface area contributed by atoms with E-state index >= 15 is 0 Å². The van der Waals surface area contributed by atoms with Gasteiger partial charge in [-0.15, -0.1) is 0 Å². The summed E-state index contributed by atoms with van der Waals surface area (Å²) in [5.74, 6) is 0.943. The summed E-state index contributed by atoms with van der Waals surface area (Å²) in [6.07, 6.45) is 2.83. The maximum atomic E-state index is 5.36. The Hall–Kier alpha value is -0.280. The maximum Gasteiger partial charge on any atom is 0.0258 e. The average molecular weight is 186 g/mol. The number of hydrogen-bond acceptors (Lipinski definition) is 3. The molecule has 2 N–H and O–H groups in total. The summed E-state index contributed by atoms with van der Waals surface area (Å²) in [4.78, 5) is 3.79. The van der Waals surface area contributed by atoms with Crippen molar-refractivity contribution in [3.05, 3.63) is 11.8 Å². The van der Waals surface area contributed by atoms with Gasteiger partial charge in [0.2, 0.25) is 0 Å². The lowest BCUT2D eigenvalue weighted by Crippen LogP contribution is -2.10. The normalized spacial score (nSPS) is 13.2. The molecule has 0 spiro atoms. The molecule has 0 aliphatic rings. The second-order valence-electron chi connectivity index (χ2n) is 3.71. The molecular weight excluding hydrogens is 168 g/mol. The van der Waals surface area contributed by atoms with Crippen LogP contribution in [0.3, 0.4) is 0 Å². The minimum absolute atomic E-state index is 0.178. The van der Waals surface area contributed by atoms with Crippen molar-refractivity contribution in [2.24, 2.45) is 15.5 Å². The van der Waals surface area contributed by atoms with Gasteiger partial charge in [-0.25, -0.2) is 0 Å². The lowest BCUT2D eigenvalue weighted by atomic mass is 9.85. The second kappa shape index (κ2) is 5.38. The molecule has 0 aliphatic carbocycles. The van der Waals surface area contributed by atoms with Gasteiger partial charge in [0.25, 0.3) is 0 Å². The minimum Gasteiger partial charge on any atom is -0.278 e. The van der Waals surface area contributed by atoms with E-state index < -0.39 is 0 Å². The van der Waals surface area contributed by atoms with Gasteiger partial charge in [0.1, 0.15) is 0 Å². The highest BCUT2D eigenvalue weighted by Gasteiger charge is 2.15. The van der Waals surface area contributed by atoms with Crippen molar-refractivity contribution in [1.82, 2.24) is 0 Å². The van der Waals surface area contributed by atoms with E-state index in [1.54, 1.807) is 0 Å². The van der Waals surface area contributed by atoms with Crippen molar-refractivity contribution in [3.8, 4) is 0 Å². The lowest BCUT2D eigenvalue weighted by molar-refractivity contribution is 0.488. The van der Waals surface area contributed by atoms with Crippen LogP contribution in [0.15, 0.2) is 16.8 Å². The number of rotatable bonds is 4. The first kappa shape index (κ1) is 11.7. The molecule has 0 atom stereocenters. The quantitative estimate of drug-likeness (QED) is 0.541. The summed E-state index contributed by atoms with van der Waals surface area (Å²) in [7, 11) is 0. The monoisotopic (exact) mass is 186 g/mol. The molecule has 0 amide bonds. The van der Waals surface area contributed by atoms with Crippen LogP contribution < -0.4 is 5.14 Å². The van der Waals surface area contributed by atoms with Crippen molar-refractivity contribution in [2.45, 2.75) is 27.2 Å². The van der Waals surface area contributed by atoms with Gasteiger partial charge < -0.3 is 0 Å². The van der Waals surface area contributed by atoms with E-state index in [2.05, 4.69) is 32.5 Å². The molecule has 0 saturated carbocycles. The molecule has 0 heterocycles. The van der Waals surface area contributed by atoms with Gasteiger partial charge in [-0.3, -0.25) is 10.1 Å². The number of aliphatic imine (C=N–C) groups is 1. The van der Waals surface area contributed by atoms with Gasteiger partial charge in [0.15, 0.2) is 0 Å². The summed E-state index contributed by atoms with van der Waals surface area (Å²) in [6, 6.07) is 0. The molecule has 3 heteroatoms. The van der Waals surface area contributed by atoms with Gasteiger partial charge in [-0.2, -0.15) is 0 Å². The molecule has 0 unspecified atom stereocenters. The molecule has 0 aromatic rings. The van der Waals surface area contributed by atoms with Crippen molar-refractivity contribution in [2.75, 3.05) is 5.75 Å². The third-order valence-electron chi connectivity index (χ3n) is 1.70. The Morgan fingerprint density at radius 1 is 1.58 bits per heavy atom. The lowest BCUT2D eigenvalue weighted by Gasteiger charge is -2.21. The molecule has 0 bridgehead atoms. The zero-order valence-corrected chi connectivity index (χ0v) is 8.95. The Balaban J connectivity index is 4.25. The SMILES string of the molecule is C=N/C=C(\CCSN)C(C)(C)C. The fraction of sp³-hybridized carbons (Fsp3) is 0.667. The molecule has 0 aromatic heterocycles. The van der Waals surface area contributed by atoms with Crippen LogP contribution >= 0.6 is 11.9 Å². The Kier molecular flexibility index (Phi) is 5.25. The molecular formula is C9H18N2S. The first-order chi connectivity index (χ1) is 5.52. The summed E-state index contributed by atoms with van der Waals surface area (Å²) >= 11 is 1.37. The first-order valence-corrected chi connectivity index (χ1v) is 5.04. The zero-order chi connectivity index (χ0) is 9.61. The highest BCUT2D eigenvalue weighted by Crippen LogP contribution is 2.28. The van der Waals surface area contributed by atoms with Crippen LogP contribution in [0.5, 0.6) is 0 Å². The highest BCUT2D eigenvalue weighted by molar-refractivity contribution is 7.97. The van der Waals surface area contributed by atoms with E-state index in [0.717, 1.165) is 12.2 Å². The molecule has 12 heavy (non-hydrogen) atoms. The van der Waals surface area contributed by atoms with Gasteiger partial charge in [-0.05, 0) is 24.1 Å². The van der Waals surface area contributed by atoms with E-state index in [9.17, 15) is 0 Å². The van der Waals surface area contributed by atoms with Crippen LogP contribution in [0.25, 0.3) is 0 Å². The summed E-state index contributed by atoms with van der Waals surface area (Å²) in [6.45, 7) is 9.97. The van der Waals surface area contributed by atoms with Crippen molar-refractivity contribution < 1.29 is 0 Å². The summed E-state index contributed by atoms with van der Waals surface area (Å²) < 4.78 is 0.